The summed E-state index contributed by atoms with van der Waals surface area (Å²) in [6.45, 7) is 28.1. The Labute approximate surface area is 633 Å². The predicted octanol–water partition coefficient (Wildman–Crippen LogP) is 28.6. The molecule has 5 aliphatic rings. The number of hydrogen-bond acceptors (Lipinski definition) is 2. The molecule has 522 valence electrons. The molecule has 0 aliphatic heterocycles. The largest absolute Gasteiger partial charge is 0.310 e. The Balaban J connectivity index is 0.698. The molecule has 0 heterocycles. The van der Waals surface area contributed by atoms with Crippen LogP contribution in [0.1, 0.15) is 159 Å². The first kappa shape index (κ1) is 66.4. The van der Waals surface area contributed by atoms with E-state index >= 15 is 0 Å². The number of fused-ring (bicyclic) bond motifs is 12. The maximum atomic E-state index is 2.55. The predicted molar refractivity (Wildman–Crippen MR) is 452 cm³/mol. The summed E-state index contributed by atoms with van der Waals surface area (Å²) in [5.74, 6) is 0. The van der Waals surface area contributed by atoms with Gasteiger partial charge in [0, 0.05) is 61.2 Å². The Morgan fingerprint density at radius 1 is 0.196 bits per heavy atom. The van der Waals surface area contributed by atoms with Crippen molar-refractivity contribution >= 4 is 34.1 Å². The first-order valence-corrected chi connectivity index (χ1v) is 38.9. The molecule has 0 amide bonds. The van der Waals surface area contributed by atoms with Gasteiger partial charge in [0.2, 0.25) is 0 Å². The highest BCUT2D eigenvalue weighted by Gasteiger charge is 2.43. The molecule has 14 aromatic rings. The first-order chi connectivity index (χ1) is 51.6. The molecule has 0 spiro atoms. The van der Waals surface area contributed by atoms with E-state index in [1.54, 1.807) is 0 Å². The second kappa shape index (κ2) is 24.4. The Hall–Kier alpha value is -11.3. The van der Waals surface area contributed by atoms with Crippen LogP contribution in [0.15, 0.2) is 291 Å². The van der Waals surface area contributed by atoms with Gasteiger partial charge in [-0.1, -0.05) is 285 Å². The van der Waals surface area contributed by atoms with Crippen molar-refractivity contribution in [2.24, 2.45) is 0 Å². The minimum atomic E-state index is -0.231. The minimum Gasteiger partial charge on any atom is -0.310 e. The number of benzene rings is 14. The molecule has 0 atom stereocenters. The molecular weight excluding hydrogens is 1290 g/mol. The molecule has 14 aromatic carbocycles. The molecule has 5 aliphatic carbocycles. The second-order valence-corrected chi connectivity index (χ2v) is 34.0. The van der Waals surface area contributed by atoms with Gasteiger partial charge < -0.3 is 9.80 Å². The summed E-state index contributed by atoms with van der Waals surface area (Å²) >= 11 is 0. The lowest BCUT2D eigenvalue weighted by atomic mass is 9.73. The topological polar surface area (TPSA) is 6.48 Å². The standard InChI is InChI=1S/C105H92N2/c1-65-15-23-69(24-16-65)73-31-47-85-89-51-43-81(61-97(89)101(5,6)93(85)57-73)106(82-44-52-90-86-48-32-74(70-25-17-66(2)18-26-70)58-94(86)102(7,8)98(90)62-82)79-39-35-77(36-40-79)105(55-13-14-56-105)78-37-41-80(42-38-78)107(83-45-53-91-87-49-33-75(71-27-19-67(3)20-28-71)59-95(87)103(9,10)99(91)63-83)84-46-54-92-88-50-34-76(72-29-21-68(4)22-30-72)60-96(88)104(11,12)100(92)64-84/h15-54,57-64H,13-14,55-56H2,1-12H3. The molecule has 107 heavy (non-hydrogen) atoms. The van der Waals surface area contributed by atoms with Crippen LogP contribution in [0.3, 0.4) is 0 Å². The monoisotopic (exact) mass is 1380 g/mol. The van der Waals surface area contributed by atoms with Gasteiger partial charge in [-0.3, -0.25) is 0 Å². The summed E-state index contributed by atoms with van der Waals surface area (Å²) in [7, 11) is 0. The summed E-state index contributed by atoms with van der Waals surface area (Å²) in [6.07, 6.45) is 4.55. The molecule has 0 N–H and O–H groups in total. The molecule has 1 saturated carbocycles. The third-order valence-corrected chi connectivity index (χ3v) is 26.0. The summed E-state index contributed by atoms with van der Waals surface area (Å²) in [5, 5.41) is 0. The zero-order valence-corrected chi connectivity index (χ0v) is 63.9. The lowest BCUT2D eigenvalue weighted by Crippen LogP contribution is -2.24. The van der Waals surface area contributed by atoms with E-state index in [9.17, 15) is 0 Å². The molecular formula is C105H92N2. The van der Waals surface area contributed by atoms with Gasteiger partial charge in [-0.05, 0) is 282 Å². The van der Waals surface area contributed by atoms with Crippen LogP contribution in [0, 0.1) is 27.7 Å². The van der Waals surface area contributed by atoms with E-state index in [1.165, 1.54) is 180 Å². The Morgan fingerprint density at radius 2 is 0.383 bits per heavy atom. The number of nitrogens with zero attached hydrogens (tertiary/aromatic N) is 2. The van der Waals surface area contributed by atoms with Gasteiger partial charge in [-0.15, -0.1) is 0 Å². The van der Waals surface area contributed by atoms with Crippen LogP contribution < -0.4 is 9.80 Å². The van der Waals surface area contributed by atoms with Gasteiger partial charge in [0.25, 0.3) is 0 Å². The fourth-order valence-corrected chi connectivity index (χ4v) is 19.6. The van der Waals surface area contributed by atoms with E-state index in [1.807, 2.05) is 0 Å². The zero-order chi connectivity index (χ0) is 73.2. The van der Waals surface area contributed by atoms with Gasteiger partial charge in [0.05, 0.1) is 0 Å². The summed E-state index contributed by atoms with van der Waals surface area (Å²) in [6, 6.07) is 113. The number of hydrogen-bond donors (Lipinski definition) is 0. The number of rotatable bonds is 12. The fraction of sp³-hybridized carbons (Fsp3) is 0.200. The van der Waals surface area contributed by atoms with Gasteiger partial charge in [0.15, 0.2) is 0 Å². The molecule has 0 radical (unpaired) electrons. The highest BCUT2D eigenvalue weighted by molar-refractivity contribution is 5.93. The normalized spacial score (nSPS) is 15.7. The highest BCUT2D eigenvalue weighted by Crippen LogP contribution is 2.58. The molecule has 0 saturated heterocycles. The van der Waals surface area contributed by atoms with Crippen molar-refractivity contribution in [2.75, 3.05) is 9.80 Å². The maximum Gasteiger partial charge on any atom is 0.0465 e. The van der Waals surface area contributed by atoms with Crippen molar-refractivity contribution in [2.45, 2.75) is 136 Å². The fourth-order valence-electron chi connectivity index (χ4n) is 19.6. The minimum absolute atomic E-state index is 0.157. The van der Waals surface area contributed by atoms with Crippen molar-refractivity contribution in [3.05, 3.63) is 369 Å². The van der Waals surface area contributed by atoms with Crippen LogP contribution in [0.5, 0.6) is 0 Å². The lowest BCUT2D eigenvalue weighted by molar-refractivity contribution is 0.535. The van der Waals surface area contributed by atoms with Crippen LogP contribution in [-0.2, 0) is 27.1 Å². The van der Waals surface area contributed by atoms with Crippen molar-refractivity contribution < 1.29 is 0 Å². The van der Waals surface area contributed by atoms with Gasteiger partial charge in [0.1, 0.15) is 0 Å². The van der Waals surface area contributed by atoms with Crippen molar-refractivity contribution in [1.82, 2.24) is 0 Å². The highest BCUT2D eigenvalue weighted by atomic mass is 15.1. The molecule has 0 aromatic heterocycles. The summed E-state index contributed by atoms with van der Waals surface area (Å²) in [4.78, 5) is 5.09. The van der Waals surface area contributed by atoms with E-state index in [0.717, 1.165) is 47.0 Å². The lowest BCUT2D eigenvalue weighted by Gasteiger charge is -2.33. The molecule has 2 heteroatoms. The average molecular weight is 1380 g/mol. The third-order valence-electron chi connectivity index (χ3n) is 26.0. The zero-order valence-electron chi connectivity index (χ0n) is 63.9. The van der Waals surface area contributed by atoms with Gasteiger partial charge in [-0.2, -0.15) is 0 Å². The molecule has 1 fully saturated rings. The van der Waals surface area contributed by atoms with Crippen molar-refractivity contribution in [3.8, 4) is 89.0 Å². The van der Waals surface area contributed by atoms with E-state index in [2.05, 4.69) is 384 Å². The van der Waals surface area contributed by atoms with Crippen molar-refractivity contribution in [3.63, 3.8) is 0 Å². The maximum absolute atomic E-state index is 2.55. The molecule has 0 unspecified atom stereocenters. The number of anilines is 6. The summed E-state index contributed by atoms with van der Waals surface area (Å²) < 4.78 is 0. The van der Waals surface area contributed by atoms with Gasteiger partial charge >= 0.3 is 0 Å². The van der Waals surface area contributed by atoms with Crippen LogP contribution in [0.2, 0.25) is 0 Å². The SMILES string of the molecule is Cc1ccc(-c2ccc3c(c2)C(C)(C)c2cc(N(c4ccc(C5(c6ccc(N(c7ccc8c(c7)C(C)(C)c7cc(-c9ccc(C)cc9)ccc7-8)c7ccc8c(c7)C(C)(C)c7cc(-c9ccc(C)cc9)ccc7-8)cc6)CCCC5)cc4)c4ccc5c(c4)C(C)(C)c4cc(-c6ccc(C)cc6)ccc4-5)ccc2-3)cc1. The Morgan fingerprint density at radius 3 is 0.607 bits per heavy atom. The third kappa shape index (κ3) is 10.5. The molecule has 2 nitrogen and oxygen atoms in total. The second-order valence-electron chi connectivity index (χ2n) is 34.0. The van der Waals surface area contributed by atoms with Gasteiger partial charge in [-0.25, -0.2) is 0 Å². The summed E-state index contributed by atoms with van der Waals surface area (Å²) in [5.41, 5.74) is 45.3. The van der Waals surface area contributed by atoms with Crippen LogP contribution >= 0.6 is 0 Å². The first-order valence-electron chi connectivity index (χ1n) is 38.9. The van der Waals surface area contributed by atoms with E-state index in [4.69, 9.17) is 0 Å². The van der Waals surface area contributed by atoms with Crippen LogP contribution in [0.4, 0.5) is 34.1 Å². The van der Waals surface area contributed by atoms with Crippen molar-refractivity contribution in [1.29, 1.82) is 0 Å². The average Bonchev–Trinajstić information content (AvgIpc) is 1.58. The van der Waals surface area contributed by atoms with Crippen LogP contribution in [0.25, 0.3) is 89.0 Å². The Bertz CT molecular complexity index is 5250. The van der Waals surface area contributed by atoms with E-state index in [0.29, 0.717) is 0 Å². The molecule has 0 bridgehead atoms. The smallest absolute Gasteiger partial charge is 0.0465 e. The molecule has 19 rings (SSSR count). The number of aryl methyl sites for hydroxylation is 4. The quantitative estimate of drug-likeness (QED) is 0.120. The van der Waals surface area contributed by atoms with E-state index < -0.39 is 0 Å². The van der Waals surface area contributed by atoms with E-state index in [-0.39, 0.29) is 27.1 Å². The van der Waals surface area contributed by atoms with Crippen LogP contribution in [-0.4, -0.2) is 0 Å². The Kier molecular flexibility index (Phi) is 15.1.